The highest BCUT2D eigenvalue weighted by molar-refractivity contribution is 7.13. The van der Waals surface area contributed by atoms with Gasteiger partial charge in [-0.1, -0.05) is 30.3 Å². The van der Waals surface area contributed by atoms with Gasteiger partial charge in [-0.15, -0.1) is 11.3 Å². The number of aromatic carboxylic acids is 1. The van der Waals surface area contributed by atoms with Crippen LogP contribution in [0.15, 0.2) is 60.0 Å². The molecular formula is C20H18N2O3S. The normalized spacial score (nSPS) is 11.7. The number of rotatable bonds is 6. The van der Waals surface area contributed by atoms with Gasteiger partial charge in [-0.3, -0.25) is 4.79 Å². The second-order valence-corrected chi connectivity index (χ2v) is 6.83. The molecule has 1 heterocycles. The molecule has 0 saturated carbocycles. The maximum Gasteiger partial charge on any atom is 0.335 e. The number of amides is 1. The number of hydrogen-bond acceptors (Lipinski definition) is 4. The molecule has 1 aromatic heterocycles. The molecule has 0 spiro atoms. The van der Waals surface area contributed by atoms with E-state index in [1.807, 2.05) is 30.5 Å². The zero-order chi connectivity index (χ0) is 18.5. The summed E-state index contributed by atoms with van der Waals surface area (Å²) in [7, 11) is 0. The molecule has 0 fully saturated rings. The van der Waals surface area contributed by atoms with Crippen LogP contribution in [0, 0.1) is 0 Å². The van der Waals surface area contributed by atoms with Gasteiger partial charge in [0.25, 0.3) is 5.91 Å². The number of benzene rings is 2. The summed E-state index contributed by atoms with van der Waals surface area (Å²) in [6.07, 6.45) is 0.627. The molecular weight excluding hydrogens is 348 g/mol. The van der Waals surface area contributed by atoms with Crippen molar-refractivity contribution < 1.29 is 14.7 Å². The van der Waals surface area contributed by atoms with Crippen molar-refractivity contribution >= 4 is 23.2 Å². The summed E-state index contributed by atoms with van der Waals surface area (Å²) in [6.45, 7) is 1.95. The van der Waals surface area contributed by atoms with Crippen molar-refractivity contribution in [3.63, 3.8) is 0 Å². The third-order valence-electron chi connectivity index (χ3n) is 3.86. The Balaban J connectivity index is 1.62. The summed E-state index contributed by atoms with van der Waals surface area (Å²) >= 11 is 1.50. The largest absolute Gasteiger partial charge is 0.478 e. The Kier molecular flexibility index (Phi) is 5.43. The molecule has 5 nitrogen and oxygen atoms in total. The molecule has 1 atom stereocenters. The van der Waals surface area contributed by atoms with Gasteiger partial charge in [-0.2, -0.15) is 0 Å². The molecule has 0 bridgehead atoms. The van der Waals surface area contributed by atoms with Crippen LogP contribution in [-0.4, -0.2) is 28.0 Å². The fraction of sp³-hybridized carbons (Fsp3) is 0.150. The van der Waals surface area contributed by atoms with Crippen LogP contribution in [0.5, 0.6) is 0 Å². The molecule has 0 aliphatic rings. The number of carboxylic acid groups (broad SMARTS) is 1. The lowest BCUT2D eigenvalue weighted by atomic mass is 10.1. The molecule has 1 unspecified atom stereocenters. The standard InChI is InChI=1S/C20H18N2O3S/c1-13(21-18(23)14-5-3-2-4-6-14)11-17-12-26-19(22-17)15-7-9-16(10-8-15)20(24)25/h2-10,12-13H,11H2,1H3,(H,21,23)(H,24,25). The number of carbonyl (C=O) groups is 2. The Morgan fingerprint density at radius 3 is 2.42 bits per heavy atom. The molecule has 0 radical (unpaired) electrons. The van der Waals surface area contributed by atoms with Crippen LogP contribution in [0.25, 0.3) is 10.6 Å². The molecule has 0 saturated heterocycles. The van der Waals surface area contributed by atoms with Crippen molar-refractivity contribution in [2.45, 2.75) is 19.4 Å². The van der Waals surface area contributed by atoms with E-state index in [2.05, 4.69) is 10.3 Å². The van der Waals surface area contributed by atoms with Crippen molar-refractivity contribution in [2.24, 2.45) is 0 Å². The van der Waals surface area contributed by atoms with Gasteiger partial charge in [0.2, 0.25) is 0 Å². The van der Waals surface area contributed by atoms with Gasteiger partial charge in [0, 0.05) is 29.0 Å². The van der Waals surface area contributed by atoms with Crippen LogP contribution < -0.4 is 5.32 Å². The zero-order valence-corrected chi connectivity index (χ0v) is 15.0. The first kappa shape index (κ1) is 17.8. The van der Waals surface area contributed by atoms with Crippen LogP contribution in [0.4, 0.5) is 0 Å². The molecule has 1 amide bonds. The predicted molar refractivity (Wildman–Crippen MR) is 102 cm³/mol. The Labute approximate surface area is 155 Å². The van der Waals surface area contributed by atoms with E-state index in [1.54, 1.807) is 36.4 Å². The Morgan fingerprint density at radius 2 is 1.77 bits per heavy atom. The van der Waals surface area contributed by atoms with E-state index in [9.17, 15) is 9.59 Å². The molecule has 6 heteroatoms. The monoisotopic (exact) mass is 366 g/mol. The minimum atomic E-state index is -0.945. The first-order valence-electron chi connectivity index (χ1n) is 8.17. The summed E-state index contributed by atoms with van der Waals surface area (Å²) < 4.78 is 0. The van der Waals surface area contributed by atoms with Gasteiger partial charge >= 0.3 is 5.97 Å². The number of carboxylic acids is 1. The van der Waals surface area contributed by atoms with Gasteiger partial charge in [0.15, 0.2) is 0 Å². The Morgan fingerprint density at radius 1 is 1.08 bits per heavy atom. The molecule has 0 aliphatic carbocycles. The van der Waals surface area contributed by atoms with E-state index in [1.165, 1.54) is 11.3 Å². The quantitative estimate of drug-likeness (QED) is 0.694. The van der Waals surface area contributed by atoms with Crippen molar-refractivity contribution in [3.05, 3.63) is 76.8 Å². The van der Waals surface area contributed by atoms with Crippen molar-refractivity contribution in [2.75, 3.05) is 0 Å². The summed E-state index contributed by atoms with van der Waals surface area (Å²) in [5, 5.41) is 14.7. The molecule has 132 valence electrons. The smallest absolute Gasteiger partial charge is 0.335 e. The fourth-order valence-electron chi connectivity index (χ4n) is 2.55. The number of thiazole rings is 1. The zero-order valence-electron chi connectivity index (χ0n) is 14.2. The predicted octanol–water partition coefficient (Wildman–Crippen LogP) is 3.87. The maximum atomic E-state index is 12.2. The molecule has 26 heavy (non-hydrogen) atoms. The first-order chi connectivity index (χ1) is 12.5. The van der Waals surface area contributed by atoms with Crippen LogP contribution in [0.2, 0.25) is 0 Å². The van der Waals surface area contributed by atoms with E-state index in [-0.39, 0.29) is 17.5 Å². The maximum absolute atomic E-state index is 12.2. The van der Waals surface area contributed by atoms with Crippen LogP contribution in [-0.2, 0) is 6.42 Å². The average Bonchev–Trinajstić information content (AvgIpc) is 3.10. The minimum Gasteiger partial charge on any atom is -0.478 e. The van der Waals surface area contributed by atoms with Gasteiger partial charge in [-0.25, -0.2) is 9.78 Å². The van der Waals surface area contributed by atoms with E-state index >= 15 is 0 Å². The average molecular weight is 366 g/mol. The van der Waals surface area contributed by atoms with Gasteiger partial charge < -0.3 is 10.4 Å². The minimum absolute atomic E-state index is 0.0490. The lowest BCUT2D eigenvalue weighted by molar-refractivity contribution is 0.0696. The fourth-order valence-corrected chi connectivity index (χ4v) is 3.39. The summed E-state index contributed by atoms with van der Waals surface area (Å²) in [5.41, 5.74) is 2.67. The SMILES string of the molecule is CC(Cc1csc(-c2ccc(C(=O)O)cc2)n1)NC(=O)c1ccccc1. The van der Waals surface area contributed by atoms with Crippen LogP contribution >= 0.6 is 11.3 Å². The highest BCUT2D eigenvalue weighted by Crippen LogP contribution is 2.24. The first-order valence-corrected chi connectivity index (χ1v) is 9.05. The number of nitrogens with zero attached hydrogens (tertiary/aromatic N) is 1. The van der Waals surface area contributed by atoms with Crippen LogP contribution in [0.1, 0.15) is 33.3 Å². The number of nitrogens with one attached hydrogen (secondary N) is 1. The van der Waals surface area contributed by atoms with Gasteiger partial charge in [0.05, 0.1) is 11.3 Å². The Hall–Kier alpha value is -2.99. The van der Waals surface area contributed by atoms with E-state index in [0.29, 0.717) is 12.0 Å². The second kappa shape index (κ2) is 7.93. The lowest BCUT2D eigenvalue weighted by Crippen LogP contribution is -2.34. The molecule has 0 aliphatic heterocycles. The van der Waals surface area contributed by atoms with E-state index in [0.717, 1.165) is 16.3 Å². The number of carbonyl (C=O) groups excluding carboxylic acids is 1. The Bertz CT molecular complexity index is 904. The van der Waals surface area contributed by atoms with E-state index < -0.39 is 5.97 Å². The third-order valence-corrected chi connectivity index (χ3v) is 4.80. The lowest BCUT2D eigenvalue weighted by Gasteiger charge is -2.12. The van der Waals surface area contributed by atoms with Crippen molar-refractivity contribution in [1.29, 1.82) is 0 Å². The van der Waals surface area contributed by atoms with Gasteiger partial charge in [-0.05, 0) is 31.2 Å². The van der Waals surface area contributed by atoms with Crippen molar-refractivity contribution in [1.82, 2.24) is 10.3 Å². The summed E-state index contributed by atoms with van der Waals surface area (Å²) in [4.78, 5) is 27.7. The number of hydrogen-bond donors (Lipinski definition) is 2. The second-order valence-electron chi connectivity index (χ2n) is 5.97. The van der Waals surface area contributed by atoms with E-state index in [4.69, 9.17) is 5.11 Å². The molecule has 3 rings (SSSR count). The topological polar surface area (TPSA) is 79.3 Å². The summed E-state index contributed by atoms with van der Waals surface area (Å²) in [5.74, 6) is -1.04. The molecule has 2 N–H and O–H groups in total. The van der Waals surface area contributed by atoms with Crippen molar-refractivity contribution in [3.8, 4) is 10.6 Å². The highest BCUT2D eigenvalue weighted by Gasteiger charge is 2.13. The highest BCUT2D eigenvalue weighted by atomic mass is 32.1. The van der Waals surface area contributed by atoms with Crippen LogP contribution in [0.3, 0.4) is 0 Å². The van der Waals surface area contributed by atoms with Gasteiger partial charge in [0.1, 0.15) is 5.01 Å². The summed E-state index contributed by atoms with van der Waals surface area (Å²) in [6, 6.07) is 15.7. The third kappa shape index (κ3) is 4.34. The molecule has 3 aromatic rings. The number of aromatic nitrogens is 1. The molecule has 2 aromatic carbocycles.